The highest BCUT2D eigenvalue weighted by atomic mass is 79.9. The summed E-state index contributed by atoms with van der Waals surface area (Å²) in [5, 5.41) is 5.48. The number of carbonyl (C=O) groups is 1. The molecule has 1 heterocycles. The van der Waals surface area contributed by atoms with Crippen LogP contribution in [0.3, 0.4) is 0 Å². The zero-order valence-electron chi connectivity index (χ0n) is 17.8. The van der Waals surface area contributed by atoms with Gasteiger partial charge in [-0.3, -0.25) is 10.1 Å². The van der Waals surface area contributed by atoms with E-state index < -0.39 is 15.9 Å². The molecule has 0 bridgehead atoms. The summed E-state index contributed by atoms with van der Waals surface area (Å²) in [5.41, 5.74) is 2.18. The summed E-state index contributed by atoms with van der Waals surface area (Å²) in [4.78, 5) is 20.6. The molecule has 12 heteroatoms. The lowest BCUT2D eigenvalue weighted by Gasteiger charge is -2.12. The Labute approximate surface area is 205 Å². The van der Waals surface area contributed by atoms with Gasteiger partial charge in [0.25, 0.3) is 15.9 Å². The number of benzene rings is 2. The number of ether oxygens (including phenoxy) is 1. The first-order chi connectivity index (χ1) is 15.6. The molecule has 3 rings (SSSR count). The molecule has 0 saturated carbocycles. The van der Waals surface area contributed by atoms with Gasteiger partial charge in [0.15, 0.2) is 5.11 Å². The maximum Gasteiger partial charge on any atom is 0.264 e. The lowest BCUT2D eigenvalue weighted by atomic mass is 10.2. The van der Waals surface area contributed by atoms with Gasteiger partial charge in [-0.1, -0.05) is 0 Å². The van der Waals surface area contributed by atoms with Crippen LogP contribution in [-0.2, 0) is 10.0 Å². The van der Waals surface area contributed by atoms with Gasteiger partial charge in [-0.15, -0.1) is 0 Å². The van der Waals surface area contributed by atoms with Crippen molar-refractivity contribution >= 4 is 60.8 Å². The van der Waals surface area contributed by atoms with Crippen LogP contribution in [0.25, 0.3) is 0 Å². The number of methoxy groups -OCH3 is 1. The SMILES string of the molecule is COc1ccc(C(=O)NC(=S)Nc2ccc(S(=O)(=O)Nc3nc(C)cc(C)n3)cc2)cc1Br. The molecular weight excluding hydrogens is 530 g/mol. The molecule has 9 nitrogen and oxygen atoms in total. The average molecular weight is 550 g/mol. The van der Waals surface area contributed by atoms with E-state index in [1.807, 2.05) is 0 Å². The van der Waals surface area contributed by atoms with Gasteiger partial charge in [0.1, 0.15) is 5.75 Å². The van der Waals surface area contributed by atoms with Crippen molar-refractivity contribution < 1.29 is 17.9 Å². The van der Waals surface area contributed by atoms with E-state index in [1.165, 1.54) is 31.4 Å². The molecule has 0 saturated heterocycles. The largest absolute Gasteiger partial charge is 0.496 e. The van der Waals surface area contributed by atoms with Crippen molar-refractivity contribution in [3.05, 3.63) is 70.0 Å². The Bertz CT molecular complexity index is 1290. The topological polar surface area (TPSA) is 122 Å². The van der Waals surface area contributed by atoms with Gasteiger partial charge in [0.2, 0.25) is 5.95 Å². The van der Waals surface area contributed by atoms with Crippen LogP contribution < -0.4 is 20.1 Å². The first kappa shape index (κ1) is 24.6. The molecule has 0 aliphatic carbocycles. The minimum Gasteiger partial charge on any atom is -0.496 e. The number of hydrogen-bond donors (Lipinski definition) is 3. The first-order valence-electron chi connectivity index (χ1n) is 9.48. The van der Waals surface area contributed by atoms with E-state index in [9.17, 15) is 13.2 Å². The Hall–Kier alpha value is -3.09. The highest BCUT2D eigenvalue weighted by Gasteiger charge is 2.16. The van der Waals surface area contributed by atoms with Gasteiger partial charge in [-0.25, -0.2) is 23.1 Å². The Balaban J connectivity index is 1.64. The Morgan fingerprint density at radius 2 is 1.67 bits per heavy atom. The molecule has 1 amide bonds. The van der Waals surface area contributed by atoms with Gasteiger partial charge in [-0.2, -0.15) is 0 Å². The third kappa shape index (κ3) is 6.46. The van der Waals surface area contributed by atoms with Crippen molar-refractivity contribution in [2.24, 2.45) is 0 Å². The fourth-order valence-corrected chi connectivity index (χ4v) is 4.51. The molecule has 33 heavy (non-hydrogen) atoms. The standard InChI is InChI=1S/C21H20BrN5O4S2/c1-12-10-13(2)24-20(23-12)27-33(29,30)16-7-5-15(6-8-16)25-21(32)26-19(28)14-4-9-18(31-3)17(22)11-14/h4-11H,1-3H3,(H,23,24,27)(H2,25,26,28,32). The molecule has 172 valence electrons. The van der Waals surface area contributed by atoms with Crippen LogP contribution in [0, 0.1) is 13.8 Å². The number of amides is 1. The normalized spacial score (nSPS) is 10.9. The Kier molecular flexibility index (Phi) is 7.61. The number of anilines is 2. The number of nitrogens with zero attached hydrogens (tertiary/aromatic N) is 2. The van der Waals surface area contributed by atoms with Crippen LogP contribution in [0.4, 0.5) is 11.6 Å². The van der Waals surface area contributed by atoms with E-state index in [0.717, 1.165) is 0 Å². The molecule has 0 atom stereocenters. The third-order valence-corrected chi connectivity index (χ3v) is 6.44. The number of carbonyl (C=O) groups excluding carboxylic acids is 1. The number of aromatic nitrogens is 2. The van der Waals surface area contributed by atoms with Crippen molar-refractivity contribution in [3.8, 4) is 5.75 Å². The summed E-state index contributed by atoms with van der Waals surface area (Å²) in [6.07, 6.45) is 0. The van der Waals surface area contributed by atoms with Gasteiger partial charge in [0.05, 0.1) is 16.5 Å². The molecule has 0 unspecified atom stereocenters. The summed E-state index contributed by atoms with van der Waals surface area (Å²) in [6, 6.07) is 12.5. The molecule has 1 aromatic heterocycles. The van der Waals surface area contributed by atoms with E-state index in [2.05, 4.69) is 41.3 Å². The summed E-state index contributed by atoms with van der Waals surface area (Å²) in [5.74, 6) is 0.192. The second kappa shape index (κ2) is 10.2. The van der Waals surface area contributed by atoms with Gasteiger partial charge >= 0.3 is 0 Å². The van der Waals surface area contributed by atoms with E-state index in [-0.39, 0.29) is 16.0 Å². The number of rotatable bonds is 6. The molecule has 3 N–H and O–H groups in total. The average Bonchev–Trinajstić information content (AvgIpc) is 2.72. The van der Waals surface area contributed by atoms with Gasteiger partial charge in [-0.05, 0) is 90.5 Å². The smallest absolute Gasteiger partial charge is 0.264 e. The number of nitrogens with one attached hydrogen (secondary N) is 3. The minimum atomic E-state index is -3.88. The minimum absolute atomic E-state index is 0.00348. The highest BCUT2D eigenvalue weighted by Crippen LogP contribution is 2.25. The first-order valence-corrected chi connectivity index (χ1v) is 12.2. The molecule has 0 aliphatic rings. The summed E-state index contributed by atoms with van der Waals surface area (Å²) in [7, 11) is -2.35. The summed E-state index contributed by atoms with van der Waals surface area (Å²) < 4.78 is 33.4. The number of thiocarbonyl (C=S) groups is 1. The highest BCUT2D eigenvalue weighted by molar-refractivity contribution is 9.10. The maximum atomic E-state index is 12.6. The Morgan fingerprint density at radius 1 is 1.03 bits per heavy atom. The van der Waals surface area contributed by atoms with Crippen molar-refractivity contribution in [2.45, 2.75) is 18.7 Å². The lowest BCUT2D eigenvalue weighted by Crippen LogP contribution is -2.34. The Morgan fingerprint density at radius 3 is 2.24 bits per heavy atom. The maximum absolute atomic E-state index is 12.6. The third-order valence-electron chi connectivity index (χ3n) is 4.27. The molecule has 3 aromatic rings. The van der Waals surface area contributed by atoms with Gasteiger partial charge in [0, 0.05) is 22.6 Å². The van der Waals surface area contributed by atoms with E-state index in [0.29, 0.717) is 32.9 Å². The van der Waals surface area contributed by atoms with Crippen molar-refractivity contribution in [2.75, 3.05) is 17.1 Å². The van der Waals surface area contributed by atoms with Crippen LogP contribution in [-0.4, -0.2) is 36.5 Å². The number of hydrogen-bond acceptors (Lipinski definition) is 7. The molecule has 0 aliphatic heterocycles. The predicted octanol–water partition coefficient (Wildman–Crippen LogP) is 3.79. The zero-order chi connectivity index (χ0) is 24.2. The van der Waals surface area contributed by atoms with E-state index >= 15 is 0 Å². The molecule has 0 radical (unpaired) electrons. The lowest BCUT2D eigenvalue weighted by molar-refractivity contribution is 0.0977. The second-order valence-electron chi connectivity index (χ2n) is 6.86. The van der Waals surface area contributed by atoms with Gasteiger partial charge < -0.3 is 10.1 Å². The quantitative estimate of drug-likeness (QED) is 0.397. The number of halogens is 1. The summed E-state index contributed by atoms with van der Waals surface area (Å²) >= 11 is 8.52. The van der Waals surface area contributed by atoms with Crippen LogP contribution in [0.5, 0.6) is 5.75 Å². The predicted molar refractivity (Wildman–Crippen MR) is 133 cm³/mol. The van der Waals surface area contributed by atoms with Crippen LogP contribution in [0.1, 0.15) is 21.7 Å². The van der Waals surface area contributed by atoms with Crippen LogP contribution in [0.2, 0.25) is 0 Å². The van der Waals surface area contributed by atoms with Crippen LogP contribution >= 0.6 is 28.1 Å². The zero-order valence-corrected chi connectivity index (χ0v) is 21.1. The van der Waals surface area contributed by atoms with E-state index in [1.54, 1.807) is 38.1 Å². The second-order valence-corrected chi connectivity index (χ2v) is 9.81. The fourth-order valence-electron chi connectivity index (χ4n) is 2.81. The van der Waals surface area contributed by atoms with Crippen molar-refractivity contribution in [1.82, 2.24) is 15.3 Å². The monoisotopic (exact) mass is 549 g/mol. The van der Waals surface area contributed by atoms with Crippen molar-refractivity contribution in [1.29, 1.82) is 0 Å². The van der Waals surface area contributed by atoms with E-state index in [4.69, 9.17) is 17.0 Å². The number of sulfonamides is 1. The molecular formula is C21H20BrN5O4S2. The van der Waals surface area contributed by atoms with Crippen LogP contribution in [0.15, 0.2) is 57.9 Å². The molecule has 2 aromatic carbocycles. The number of aryl methyl sites for hydroxylation is 2. The molecule has 0 fully saturated rings. The fraction of sp³-hybridized carbons (Fsp3) is 0.143. The van der Waals surface area contributed by atoms with Crippen molar-refractivity contribution in [3.63, 3.8) is 0 Å². The molecule has 0 spiro atoms. The summed E-state index contributed by atoms with van der Waals surface area (Å²) in [6.45, 7) is 3.50.